The lowest BCUT2D eigenvalue weighted by atomic mass is 9.63. The Morgan fingerprint density at radius 2 is 1.12 bits per heavy atom. The molecule has 4 amide bonds. The Kier molecular flexibility index (Phi) is 11.3. The molecule has 0 spiro atoms. The highest BCUT2D eigenvalue weighted by Crippen LogP contribution is 2.56. The Bertz CT molecular complexity index is 2770. The minimum atomic E-state index is -0.682. The van der Waals surface area contributed by atoms with Gasteiger partial charge in [0, 0.05) is 12.1 Å². The quantitative estimate of drug-likeness (QED) is 0.101. The van der Waals surface area contributed by atoms with E-state index in [0.29, 0.717) is 23.7 Å². The van der Waals surface area contributed by atoms with Crippen LogP contribution in [-0.4, -0.2) is 92.1 Å². The third-order valence-electron chi connectivity index (χ3n) is 16.8. The van der Waals surface area contributed by atoms with Gasteiger partial charge in [0.05, 0.1) is 49.2 Å². The molecular weight excluding hydrogens is 857 g/mol. The molecule has 68 heavy (non-hydrogen) atoms. The van der Waals surface area contributed by atoms with Crippen LogP contribution in [0.5, 0.6) is 0 Å². The second kappa shape index (κ2) is 17.4. The van der Waals surface area contributed by atoms with Crippen LogP contribution in [0.3, 0.4) is 0 Å². The molecule has 5 fully saturated rings. The van der Waals surface area contributed by atoms with Gasteiger partial charge in [0.2, 0.25) is 11.8 Å². The molecule has 2 aliphatic heterocycles. The molecule has 3 saturated carbocycles. The number of fused-ring (bicyclic) bond motifs is 7. The SMILES string of the molecule is COC(=O)N[C@H](C(=O)N1C2CCC(C2)[C@H]1c1ncc(-c2ccc(-c3ccc(-c4ccc5nc([C@@H]6C7CCC(C7)N6C(=O)[C@@H](NC(=O)OC)C(C)C)[nH]c5c4)c4c3C3CCC4CC3)cc2)[nH]1)C(C)C. The molecule has 0 radical (unpaired) electrons. The van der Waals surface area contributed by atoms with Crippen LogP contribution in [0.2, 0.25) is 0 Å². The lowest BCUT2D eigenvalue weighted by Crippen LogP contribution is -2.54. The standard InChI is InChI=1S/C54H64N8O6/c1-27(2)45(59-53(65)67-5)51(63)61-36-18-15-34(23-36)47(61)49-55-26-42(58-49)30-9-7-29(8-10-30)38-20-21-39(44-32-13-11-31(12-14-32)43(38)44)33-17-22-40-41(25-33)57-50(56-40)48-35-16-19-37(24-35)62(48)52(64)46(28(3)4)60-54(66)68-6/h7-10,17,20-22,25-28,31-32,34-37,45-48H,11-16,18-19,23-24H2,1-6H3,(H,55,58)(H,56,57)(H,59,65)(H,60,66)/t31?,32?,34?,35?,36?,37?,45-,46-,47-,48-/m0/s1. The highest BCUT2D eigenvalue weighted by atomic mass is 16.5. The van der Waals surface area contributed by atoms with Crippen LogP contribution in [0.25, 0.3) is 44.5 Å². The lowest BCUT2D eigenvalue weighted by Gasteiger charge is -2.41. The van der Waals surface area contributed by atoms with Gasteiger partial charge in [-0.25, -0.2) is 19.6 Å². The third kappa shape index (κ3) is 7.44. The van der Waals surface area contributed by atoms with Gasteiger partial charge in [0.1, 0.15) is 23.7 Å². The van der Waals surface area contributed by atoms with E-state index in [1.54, 1.807) is 0 Å². The van der Waals surface area contributed by atoms with Crippen molar-refractivity contribution in [3.63, 3.8) is 0 Å². The van der Waals surface area contributed by atoms with Crippen molar-refractivity contribution in [3.8, 4) is 33.5 Å². The second-order valence-electron chi connectivity index (χ2n) is 21.2. The Balaban J connectivity index is 0.864. The molecule has 2 aromatic heterocycles. The van der Waals surface area contributed by atoms with Crippen molar-refractivity contribution >= 4 is 35.0 Å². The highest BCUT2D eigenvalue weighted by molar-refractivity contribution is 5.89. The smallest absolute Gasteiger partial charge is 0.407 e. The first-order valence-corrected chi connectivity index (χ1v) is 25.1. The number of rotatable bonds is 11. The summed E-state index contributed by atoms with van der Waals surface area (Å²) in [7, 11) is 2.64. The normalized spacial score (nSPS) is 26.4. The summed E-state index contributed by atoms with van der Waals surface area (Å²) in [6, 6.07) is 18.6. The van der Waals surface area contributed by atoms with E-state index in [1.807, 2.05) is 43.7 Å². The van der Waals surface area contributed by atoms with E-state index >= 15 is 0 Å². The molecule has 14 heteroatoms. The number of imidazole rings is 2. The molecule has 5 aromatic rings. The van der Waals surface area contributed by atoms with Crippen LogP contribution in [0.15, 0.2) is 60.8 Å². The Morgan fingerprint density at radius 3 is 1.65 bits per heavy atom. The van der Waals surface area contributed by atoms with E-state index in [1.165, 1.54) is 73.3 Å². The van der Waals surface area contributed by atoms with E-state index in [-0.39, 0.29) is 47.8 Å². The fourth-order valence-electron chi connectivity index (χ4n) is 13.5. The van der Waals surface area contributed by atoms with Crippen molar-refractivity contribution < 1.29 is 28.7 Å². The zero-order valence-electron chi connectivity index (χ0n) is 40.0. The number of hydrogen-bond acceptors (Lipinski definition) is 8. The molecule has 4 N–H and O–H groups in total. The van der Waals surface area contributed by atoms with Gasteiger partial charge in [-0.05, 0) is 151 Å². The van der Waals surface area contributed by atoms with Crippen molar-refractivity contribution in [2.75, 3.05) is 14.2 Å². The van der Waals surface area contributed by atoms with Crippen LogP contribution in [0.1, 0.15) is 139 Å². The maximum atomic E-state index is 14.2. The minimum absolute atomic E-state index is 0.0732. The summed E-state index contributed by atoms with van der Waals surface area (Å²) in [5.74, 6) is 2.90. The molecule has 3 aromatic carbocycles. The molecule has 4 unspecified atom stereocenters. The zero-order valence-corrected chi connectivity index (χ0v) is 40.0. The van der Waals surface area contributed by atoms with Crippen LogP contribution in [-0.2, 0) is 19.1 Å². The maximum absolute atomic E-state index is 14.2. The number of aromatic amines is 2. The summed E-state index contributed by atoms with van der Waals surface area (Å²) >= 11 is 0. The number of aromatic nitrogens is 4. The van der Waals surface area contributed by atoms with Gasteiger partial charge in [0.25, 0.3) is 0 Å². The van der Waals surface area contributed by atoms with E-state index < -0.39 is 24.3 Å². The molecule has 7 aliphatic rings. The zero-order chi connectivity index (χ0) is 47.1. The van der Waals surface area contributed by atoms with Crippen molar-refractivity contribution in [2.24, 2.45) is 23.7 Å². The van der Waals surface area contributed by atoms with Crippen molar-refractivity contribution in [2.45, 2.75) is 140 Å². The number of benzene rings is 3. The lowest BCUT2D eigenvalue weighted by molar-refractivity contribution is -0.140. The number of alkyl carbamates (subject to hydrolysis) is 2. The summed E-state index contributed by atoms with van der Waals surface area (Å²) in [6.45, 7) is 7.79. The van der Waals surface area contributed by atoms with E-state index in [0.717, 1.165) is 72.5 Å². The summed E-state index contributed by atoms with van der Waals surface area (Å²) in [5, 5.41) is 5.60. The van der Waals surface area contributed by atoms with Gasteiger partial charge in [-0.1, -0.05) is 70.2 Å². The van der Waals surface area contributed by atoms with Gasteiger partial charge >= 0.3 is 12.2 Å². The van der Waals surface area contributed by atoms with Crippen LogP contribution >= 0.6 is 0 Å². The number of methoxy groups -OCH3 is 2. The average Bonchev–Trinajstić information content (AvgIpc) is 4.24. The number of carbonyl (C=O) groups excluding carboxylic acids is 4. The number of nitrogens with one attached hydrogen (secondary N) is 4. The molecule has 2 saturated heterocycles. The molecule has 5 aliphatic carbocycles. The Labute approximate surface area is 397 Å². The number of piperidine rings is 2. The number of hydrogen-bond donors (Lipinski definition) is 4. The second-order valence-corrected chi connectivity index (χ2v) is 21.2. The molecule has 14 nitrogen and oxygen atoms in total. The highest BCUT2D eigenvalue weighted by Gasteiger charge is 2.53. The molecule has 8 atom stereocenters. The summed E-state index contributed by atoms with van der Waals surface area (Å²) in [5.41, 5.74) is 11.7. The fraction of sp³-hybridized carbons (Fsp3) is 0.519. The first kappa shape index (κ1) is 44.3. The number of ether oxygens (including phenoxy) is 2. The summed E-state index contributed by atoms with van der Waals surface area (Å²) < 4.78 is 9.76. The summed E-state index contributed by atoms with van der Waals surface area (Å²) in [6.07, 6.45) is 11.4. The molecule has 4 heterocycles. The van der Waals surface area contributed by atoms with E-state index in [2.05, 4.69) is 75.2 Å². The first-order chi connectivity index (χ1) is 32.9. The van der Waals surface area contributed by atoms with Gasteiger partial charge in [-0.3, -0.25) is 9.59 Å². The monoisotopic (exact) mass is 920 g/mol. The van der Waals surface area contributed by atoms with E-state index in [4.69, 9.17) is 19.4 Å². The number of amides is 4. The Hall–Kier alpha value is -6.18. The molecule has 12 rings (SSSR count). The van der Waals surface area contributed by atoms with Gasteiger partial charge in [-0.2, -0.15) is 0 Å². The predicted molar refractivity (Wildman–Crippen MR) is 258 cm³/mol. The van der Waals surface area contributed by atoms with Gasteiger partial charge in [0.15, 0.2) is 0 Å². The van der Waals surface area contributed by atoms with E-state index in [9.17, 15) is 19.2 Å². The number of H-pyrrole nitrogens is 2. The fourth-order valence-corrected chi connectivity index (χ4v) is 13.5. The van der Waals surface area contributed by atoms with Crippen LogP contribution in [0, 0.1) is 23.7 Å². The van der Waals surface area contributed by atoms with Crippen LogP contribution < -0.4 is 10.6 Å². The topological polar surface area (TPSA) is 175 Å². The third-order valence-corrected chi connectivity index (χ3v) is 16.8. The van der Waals surface area contributed by atoms with Crippen molar-refractivity contribution in [1.82, 2.24) is 40.4 Å². The van der Waals surface area contributed by atoms with Crippen molar-refractivity contribution in [3.05, 3.63) is 83.6 Å². The Morgan fingerprint density at radius 1 is 0.618 bits per heavy atom. The summed E-state index contributed by atoms with van der Waals surface area (Å²) in [4.78, 5) is 74.2. The molecule has 6 bridgehead atoms. The van der Waals surface area contributed by atoms with Crippen LogP contribution in [0.4, 0.5) is 9.59 Å². The molecule has 356 valence electrons. The predicted octanol–water partition coefficient (Wildman–Crippen LogP) is 9.91. The number of carbonyl (C=O) groups is 4. The number of nitrogens with zero attached hydrogens (tertiary/aromatic N) is 4. The van der Waals surface area contributed by atoms with Crippen molar-refractivity contribution in [1.29, 1.82) is 0 Å². The minimum Gasteiger partial charge on any atom is -0.453 e. The van der Waals surface area contributed by atoms with Gasteiger partial charge in [-0.15, -0.1) is 0 Å². The molecular formula is C54H64N8O6. The largest absolute Gasteiger partial charge is 0.453 e. The maximum Gasteiger partial charge on any atom is 0.407 e. The van der Waals surface area contributed by atoms with Gasteiger partial charge < -0.3 is 39.9 Å². The average molecular weight is 921 g/mol. The number of likely N-dealkylation sites (tertiary alicyclic amines) is 2. The first-order valence-electron chi connectivity index (χ1n) is 25.1.